The lowest BCUT2D eigenvalue weighted by atomic mass is 9.94. The number of rotatable bonds is 25. The maximum Gasteiger partial charge on any atom is 0.303 e. The molecule has 202 valence electrons. The van der Waals surface area contributed by atoms with Crippen molar-refractivity contribution in [3.05, 3.63) is 12.2 Å². The van der Waals surface area contributed by atoms with Gasteiger partial charge in [0.1, 0.15) is 0 Å². The van der Waals surface area contributed by atoms with Gasteiger partial charge in [0.05, 0.1) is 0 Å². The van der Waals surface area contributed by atoms with Crippen molar-refractivity contribution >= 4 is 5.97 Å². The second-order valence-corrected chi connectivity index (χ2v) is 10.7. The molecule has 0 aromatic heterocycles. The van der Waals surface area contributed by atoms with Crippen molar-refractivity contribution in [1.29, 1.82) is 0 Å². The maximum absolute atomic E-state index is 11.3. The highest BCUT2D eigenvalue weighted by molar-refractivity contribution is 5.66. The molecule has 0 aliphatic rings. The van der Waals surface area contributed by atoms with Gasteiger partial charge in [0.15, 0.2) is 0 Å². The molecular formula is C31H61NO2. The van der Waals surface area contributed by atoms with Gasteiger partial charge in [0, 0.05) is 26.1 Å². The summed E-state index contributed by atoms with van der Waals surface area (Å²) in [6.07, 6.45) is 25.2. The normalized spacial score (nSPS) is 14.6. The van der Waals surface area contributed by atoms with Gasteiger partial charge in [0.25, 0.3) is 0 Å². The van der Waals surface area contributed by atoms with Crippen LogP contribution in [-0.4, -0.2) is 35.6 Å². The van der Waals surface area contributed by atoms with Crippen LogP contribution in [0.5, 0.6) is 0 Å². The summed E-state index contributed by atoms with van der Waals surface area (Å²) >= 11 is 0. The largest absolute Gasteiger partial charge is 0.481 e. The van der Waals surface area contributed by atoms with E-state index in [1.54, 1.807) is 0 Å². The summed E-state index contributed by atoms with van der Waals surface area (Å²) in [6.45, 7) is 14.9. The lowest BCUT2D eigenvalue weighted by molar-refractivity contribution is -0.137. The summed E-state index contributed by atoms with van der Waals surface area (Å²) in [5.41, 5.74) is 0. The maximum atomic E-state index is 11.3. The average Bonchev–Trinajstić information content (AvgIpc) is 2.83. The number of carboxylic acid groups (broad SMARTS) is 1. The van der Waals surface area contributed by atoms with Crippen LogP contribution < -0.4 is 0 Å². The highest BCUT2D eigenvalue weighted by atomic mass is 16.4. The Morgan fingerprint density at radius 1 is 0.706 bits per heavy atom. The van der Waals surface area contributed by atoms with Gasteiger partial charge in [-0.15, -0.1) is 0 Å². The molecule has 0 saturated carbocycles. The lowest BCUT2D eigenvalue weighted by Gasteiger charge is -2.32. The minimum Gasteiger partial charge on any atom is -0.481 e. The summed E-state index contributed by atoms with van der Waals surface area (Å²) in [6, 6.07) is 0. The summed E-state index contributed by atoms with van der Waals surface area (Å²) in [5.74, 6) is 1.21. The third-order valence-electron chi connectivity index (χ3n) is 7.47. The molecule has 0 bridgehead atoms. The summed E-state index contributed by atoms with van der Waals surface area (Å²) < 4.78 is 0. The molecule has 34 heavy (non-hydrogen) atoms. The van der Waals surface area contributed by atoms with Crippen LogP contribution in [0.15, 0.2) is 12.2 Å². The van der Waals surface area contributed by atoms with Crippen molar-refractivity contribution in [2.24, 2.45) is 17.8 Å². The fourth-order valence-electron chi connectivity index (χ4n) is 5.01. The molecule has 0 rings (SSSR count). The molecule has 0 aromatic rings. The highest BCUT2D eigenvalue weighted by Crippen LogP contribution is 2.22. The molecule has 3 heteroatoms. The topological polar surface area (TPSA) is 40.5 Å². The molecule has 1 N–H and O–H groups in total. The van der Waals surface area contributed by atoms with Crippen LogP contribution in [0.3, 0.4) is 0 Å². The Hall–Kier alpha value is -0.830. The van der Waals surface area contributed by atoms with Crippen molar-refractivity contribution in [3.8, 4) is 0 Å². The zero-order valence-corrected chi connectivity index (χ0v) is 23.8. The number of carbonyl (C=O) groups is 1. The Labute approximate surface area is 214 Å². The first-order valence-corrected chi connectivity index (χ1v) is 15.1. The molecular weight excluding hydrogens is 418 g/mol. The zero-order chi connectivity index (χ0) is 25.4. The van der Waals surface area contributed by atoms with Crippen LogP contribution in [-0.2, 0) is 4.79 Å². The van der Waals surface area contributed by atoms with Crippen molar-refractivity contribution in [2.75, 3.05) is 19.6 Å². The number of allylic oxidation sites excluding steroid dienone is 1. The SMILES string of the molecule is CCCCCCCC/C=C\C(CCC(=O)O)CN(CC(CC)CCCC)CC(CC)CCCC. The Bertz CT molecular complexity index is 458. The van der Waals surface area contributed by atoms with Gasteiger partial charge in [-0.25, -0.2) is 0 Å². The van der Waals surface area contributed by atoms with Crippen LogP contribution >= 0.6 is 0 Å². The summed E-state index contributed by atoms with van der Waals surface area (Å²) in [4.78, 5) is 14.1. The second-order valence-electron chi connectivity index (χ2n) is 10.7. The summed E-state index contributed by atoms with van der Waals surface area (Å²) in [5, 5.41) is 9.33. The fourth-order valence-corrected chi connectivity index (χ4v) is 5.01. The molecule has 0 aliphatic heterocycles. The van der Waals surface area contributed by atoms with Crippen molar-refractivity contribution in [2.45, 2.75) is 144 Å². The molecule has 0 amide bonds. The predicted octanol–water partition coefficient (Wildman–Crippen LogP) is 9.51. The lowest BCUT2D eigenvalue weighted by Crippen LogP contribution is -2.37. The number of unbranched alkanes of at least 4 members (excludes halogenated alkanes) is 8. The van der Waals surface area contributed by atoms with E-state index in [9.17, 15) is 9.90 Å². The van der Waals surface area contributed by atoms with E-state index in [4.69, 9.17) is 0 Å². The monoisotopic (exact) mass is 479 g/mol. The van der Waals surface area contributed by atoms with Crippen LogP contribution in [0.25, 0.3) is 0 Å². The second kappa shape index (κ2) is 23.9. The minimum atomic E-state index is -0.662. The van der Waals surface area contributed by atoms with E-state index in [-0.39, 0.29) is 6.42 Å². The van der Waals surface area contributed by atoms with E-state index in [1.165, 1.54) is 103 Å². The smallest absolute Gasteiger partial charge is 0.303 e. The molecule has 0 aliphatic carbocycles. The zero-order valence-electron chi connectivity index (χ0n) is 23.8. The van der Waals surface area contributed by atoms with Gasteiger partial charge in [-0.1, -0.05) is 117 Å². The Kier molecular flexibility index (Phi) is 23.3. The van der Waals surface area contributed by atoms with Gasteiger partial charge < -0.3 is 10.0 Å². The molecule has 0 radical (unpaired) electrons. The van der Waals surface area contributed by atoms with E-state index in [1.807, 2.05) is 0 Å². The van der Waals surface area contributed by atoms with Crippen LogP contribution in [0, 0.1) is 17.8 Å². The molecule has 0 heterocycles. The molecule has 3 nitrogen and oxygen atoms in total. The van der Waals surface area contributed by atoms with E-state index in [0.717, 1.165) is 31.2 Å². The number of aliphatic carboxylic acids is 1. The number of carboxylic acids is 1. The minimum absolute atomic E-state index is 0.278. The summed E-state index contributed by atoms with van der Waals surface area (Å²) in [7, 11) is 0. The van der Waals surface area contributed by atoms with Crippen LogP contribution in [0.2, 0.25) is 0 Å². The van der Waals surface area contributed by atoms with Crippen molar-refractivity contribution in [1.82, 2.24) is 4.90 Å². The van der Waals surface area contributed by atoms with Gasteiger partial charge in [0.2, 0.25) is 0 Å². The van der Waals surface area contributed by atoms with E-state index in [2.05, 4.69) is 51.7 Å². The van der Waals surface area contributed by atoms with Gasteiger partial charge in [-0.3, -0.25) is 4.79 Å². The predicted molar refractivity (Wildman–Crippen MR) is 151 cm³/mol. The number of hydrogen-bond acceptors (Lipinski definition) is 2. The number of nitrogens with zero attached hydrogens (tertiary/aromatic N) is 1. The van der Waals surface area contributed by atoms with Gasteiger partial charge in [-0.05, 0) is 49.9 Å². The molecule has 0 saturated heterocycles. The van der Waals surface area contributed by atoms with E-state index in [0.29, 0.717) is 5.92 Å². The third kappa shape index (κ3) is 19.5. The fraction of sp³-hybridized carbons (Fsp3) is 0.903. The van der Waals surface area contributed by atoms with Crippen molar-refractivity contribution in [3.63, 3.8) is 0 Å². The van der Waals surface area contributed by atoms with E-state index < -0.39 is 5.97 Å². The van der Waals surface area contributed by atoms with Crippen LogP contribution in [0.1, 0.15) is 144 Å². The molecule has 0 spiro atoms. The number of hydrogen-bond donors (Lipinski definition) is 1. The standard InChI is InChI=1S/C31H61NO2/c1-6-11-14-15-16-17-18-19-22-30(23-24-31(33)34)27-32(25-28(9-4)20-12-7-2)26-29(10-5)21-13-8-3/h19,22,28-30H,6-18,20-21,23-27H2,1-5H3,(H,33,34)/b22-19-. The Morgan fingerprint density at radius 3 is 1.74 bits per heavy atom. The first kappa shape index (κ1) is 33.2. The highest BCUT2D eigenvalue weighted by Gasteiger charge is 2.20. The Balaban J connectivity index is 5.12. The van der Waals surface area contributed by atoms with Gasteiger partial charge in [-0.2, -0.15) is 0 Å². The molecule has 0 fully saturated rings. The van der Waals surface area contributed by atoms with Crippen molar-refractivity contribution < 1.29 is 9.90 Å². The first-order chi connectivity index (χ1) is 16.5. The molecule has 3 atom stereocenters. The molecule has 3 unspecified atom stereocenters. The molecule has 0 aromatic carbocycles. The Morgan fingerprint density at radius 2 is 1.24 bits per heavy atom. The first-order valence-electron chi connectivity index (χ1n) is 15.1. The van der Waals surface area contributed by atoms with Crippen LogP contribution in [0.4, 0.5) is 0 Å². The van der Waals surface area contributed by atoms with Gasteiger partial charge >= 0.3 is 5.97 Å². The van der Waals surface area contributed by atoms with E-state index >= 15 is 0 Å². The third-order valence-corrected chi connectivity index (χ3v) is 7.47. The average molecular weight is 480 g/mol. The quantitative estimate of drug-likeness (QED) is 0.105.